The molecule has 4 heterocycles. The fraction of sp³-hybridized carbons (Fsp3) is 0.316. The molecule has 5 rings (SSSR count). The molecule has 2 fully saturated rings. The summed E-state index contributed by atoms with van der Waals surface area (Å²) in [6.07, 6.45) is 1.26. The highest BCUT2D eigenvalue weighted by atomic mass is 32.1. The number of thiazole rings is 1. The number of carbonyl (C=O) groups excluding carboxylic acids is 1. The van der Waals surface area contributed by atoms with Crippen molar-refractivity contribution in [2.24, 2.45) is 11.8 Å². The summed E-state index contributed by atoms with van der Waals surface area (Å²) in [5.74, 6) is 1.48. The Kier molecular flexibility index (Phi) is 3.63. The fourth-order valence-corrected chi connectivity index (χ4v) is 4.79. The zero-order valence-electron chi connectivity index (χ0n) is 14.0. The van der Waals surface area contributed by atoms with Crippen LogP contribution in [0.25, 0.3) is 10.2 Å². The smallest absolute Gasteiger partial charge is 0.253 e. The van der Waals surface area contributed by atoms with Gasteiger partial charge in [-0.3, -0.25) is 4.79 Å². The SMILES string of the molecule is O=C(c1ccc2ncsc2c1)N1CC2CN(c3ccc(F)cn3)CC2C1. The summed E-state index contributed by atoms with van der Waals surface area (Å²) in [6, 6.07) is 8.90. The van der Waals surface area contributed by atoms with Crippen LogP contribution in [-0.4, -0.2) is 47.0 Å². The van der Waals surface area contributed by atoms with Crippen LogP contribution in [0.1, 0.15) is 10.4 Å². The van der Waals surface area contributed by atoms with Crippen LogP contribution in [0, 0.1) is 17.7 Å². The van der Waals surface area contributed by atoms with E-state index in [-0.39, 0.29) is 11.7 Å². The lowest BCUT2D eigenvalue weighted by Gasteiger charge is -2.22. The van der Waals surface area contributed by atoms with Crippen LogP contribution in [0.3, 0.4) is 0 Å². The van der Waals surface area contributed by atoms with E-state index in [9.17, 15) is 9.18 Å². The summed E-state index contributed by atoms with van der Waals surface area (Å²) in [6.45, 7) is 3.26. The zero-order valence-corrected chi connectivity index (χ0v) is 14.8. The summed E-state index contributed by atoms with van der Waals surface area (Å²) in [5.41, 5.74) is 3.48. The maximum absolute atomic E-state index is 13.1. The molecule has 2 saturated heterocycles. The molecule has 2 atom stereocenters. The number of halogens is 1. The van der Waals surface area contributed by atoms with Crippen molar-refractivity contribution >= 4 is 33.3 Å². The van der Waals surface area contributed by atoms with Crippen LogP contribution in [0.15, 0.2) is 42.0 Å². The Labute approximate surface area is 154 Å². The van der Waals surface area contributed by atoms with Gasteiger partial charge in [-0.05, 0) is 30.3 Å². The first-order valence-electron chi connectivity index (χ1n) is 8.66. The van der Waals surface area contributed by atoms with E-state index < -0.39 is 0 Å². The molecule has 0 spiro atoms. The number of carbonyl (C=O) groups is 1. The van der Waals surface area contributed by atoms with E-state index in [1.54, 1.807) is 22.9 Å². The van der Waals surface area contributed by atoms with Crippen molar-refractivity contribution in [3.8, 4) is 0 Å². The number of nitrogens with zero attached hydrogens (tertiary/aromatic N) is 4. The van der Waals surface area contributed by atoms with E-state index in [4.69, 9.17) is 0 Å². The van der Waals surface area contributed by atoms with Crippen LogP contribution in [0.4, 0.5) is 10.2 Å². The van der Waals surface area contributed by atoms with E-state index in [0.29, 0.717) is 11.8 Å². The van der Waals surface area contributed by atoms with E-state index in [2.05, 4.69) is 14.9 Å². The van der Waals surface area contributed by atoms with Gasteiger partial charge in [0.2, 0.25) is 0 Å². The maximum atomic E-state index is 13.1. The van der Waals surface area contributed by atoms with Gasteiger partial charge in [0.1, 0.15) is 11.6 Å². The number of rotatable bonds is 2. The van der Waals surface area contributed by atoms with Gasteiger partial charge in [-0.25, -0.2) is 14.4 Å². The normalized spacial score (nSPS) is 22.2. The molecule has 2 aromatic heterocycles. The van der Waals surface area contributed by atoms with Crippen molar-refractivity contribution in [2.75, 3.05) is 31.1 Å². The van der Waals surface area contributed by atoms with Crippen molar-refractivity contribution in [1.29, 1.82) is 0 Å². The van der Waals surface area contributed by atoms with Gasteiger partial charge < -0.3 is 9.80 Å². The second-order valence-electron chi connectivity index (χ2n) is 7.00. The maximum Gasteiger partial charge on any atom is 0.253 e. The van der Waals surface area contributed by atoms with Gasteiger partial charge in [0.15, 0.2) is 0 Å². The highest BCUT2D eigenvalue weighted by molar-refractivity contribution is 7.16. The third-order valence-corrected chi connectivity index (χ3v) is 6.18. The van der Waals surface area contributed by atoms with E-state index >= 15 is 0 Å². The van der Waals surface area contributed by atoms with Crippen LogP contribution in [-0.2, 0) is 0 Å². The molecule has 2 aliphatic rings. The van der Waals surface area contributed by atoms with Gasteiger partial charge >= 0.3 is 0 Å². The molecule has 2 unspecified atom stereocenters. The Hall–Kier alpha value is -2.54. The predicted molar refractivity (Wildman–Crippen MR) is 98.9 cm³/mol. The standard InChI is InChI=1S/C19H17FN4OS/c20-15-2-4-18(21-6-15)23-7-13-9-24(10-14(13)8-23)19(25)12-1-3-16-17(5-12)26-11-22-16/h1-6,11,13-14H,7-10H2. The van der Waals surface area contributed by atoms with Crippen molar-refractivity contribution in [2.45, 2.75) is 0 Å². The first kappa shape index (κ1) is 15.7. The molecular weight excluding hydrogens is 351 g/mol. The molecule has 2 aliphatic heterocycles. The highest BCUT2D eigenvalue weighted by Gasteiger charge is 2.42. The van der Waals surface area contributed by atoms with Crippen LogP contribution in [0.2, 0.25) is 0 Å². The van der Waals surface area contributed by atoms with Crippen molar-refractivity contribution in [3.63, 3.8) is 0 Å². The quantitative estimate of drug-likeness (QED) is 0.698. The number of fused-ring (bicyclic) bond motifs is 2. The number of hydrogen-bond acceptors (Lipinski definition) is 5. The third kappa shape index (κ3) is 2.63. The molecule has 1 amide bonds. The second kappa shape index (κ2) is 6.02. The Morgan fingerprint density at radius 1 is 1.08 bits per heavy atom. The Bertz CT molecular complexity index is 959. The molecule has 0 radical (unpaired) electrons. The largest absolute Gasteiger partial charge is 0.356 e. The lowest BCUT2D eigenvalue weighted by Crippen LogP contribution is -2.33. The lowest BCUT2D eigenvalue weighted by atomic mass is 10.0. The minimum Gasteiger partial charge on any atom is -0.356 e. The fourth-order valence-electron chi connectivity index (χ4n) is 4.07. The minimum absolute atomic E-state index is 0.0983. The van der Waals surface area contributed by atoms with Gasteiger partial charge in [0.05, 0.1) is 21.9 Å². The van der Waals surface area contributed by atoms with Gasteiger partial charge in [0, 0.05) is 43.6 Å². The van der Waals surface area contributed by atoms with Crippen molar-refractivity contribution < 1.29 is 9.18 Å². The Balaban J connectivity index is 1.28. The van der Waals surface area contributed by atoms with Crippen LogP contribution < -0.4 is 4.90 Å². The summed E-state index contributed by atoms with van der Waals surface area (Å²) in [5, 5.41) is 0. The molecule has 5 nitrogen and oxygen atoms in total. The van der Waals surface area contributed by atoms with E-state index in [1.165, 1.54) is 12.3 Å². The van der Waals surface area contributed by atoms with Crippen LogP contribution >= 0.6 is 11.3 Å². The highest BCUT2D eigenvalue weighted by Crippen LogP contribution is 2.34. The number of hydrogen-bond donors (Lipinski definition) is 0. The number of benzene rings is 1. The molecule has 132 valence electrons. The van der Waals surface area contributed by atoms with Crippen molar-refractivity contribution in [3.05, 3.63) is 53.4 Å². The molecule has 1 aromatic carbocycles. The topological polar surface area (TPSA) is 49.3 Å². The number of anilines is 1. The number of likely N-dealkylation sites (tertiary alicyclic amines) is 1. The van der Waals surface area contributed by atoms with Crippen molar-refractivity contribution in [1.82, 2.24) is 14.9 Å². The first-order chi connectivity index (χ1) is 12.7. The second-order valence-corrected chi connectivity index (χ2v) is 7.89. The molecule has 0 saturated carbocycles. The average molecular weight is 368 g/mol. The summed E-state index contributed by atoms with van der Waals surface area (Å²) < 4.78 is 14.1. The summed E-state index contributed by atoms with van der Waals surface area (Å²) >= 11 is 1.55. The third-order valence-electron chi connectivity index (χ3n) is 5.39. The van der Waals surface area contributed by atoms with Gasteiger partial charge in [-0.15, -0.1) is 11.3 Å². The zero-order chi connectivity index (χ0) is 17.7. The Morgan fingerprint density at radius 3 is 2.62 bits per heavy atom. The molecule has 26 heavy (non-hydrogen) atoms. The number of pyridine rings is 1. The number of aromatic nitrogens is 2. The molecule has 3 aromatic rings. The van der Waals surface area contributed by atoms with Gasteiger partial charge in [0.25, 0.3) is 5.91 Å². The van der Waals surface area contributed by atoms with E-state index in [1.807, 2.05) is 23.1 Å². The first-order valence-corrected chi connectivity index (χ1v) is 9.54. The van der Waals surface area contributed by atoms with Gasteiger partial charge in [-0.1, -0.05) is 0 Å². The molecular formula is C19H17FN4OS. The molecule has 0 bridgehead atoms. The average Bonchev–Trinajstić information content (AvgIpc) is 3.35. The molecule has 0 aliphatic carbocycles. The van der Waals surface area contributed by atoms with E-state index in [0.717, 1.165) is 47.8 Å². The number of amides is 1. The lowest BCUT2D eigenvalue weighted by molar-refractivity contribution is 0.0783. The molecule has 7 heteroatoms. The van der Waals surface area contributed by atoms with Crippen LogP contribution in [0.5, 0.6) is 0 Å². The minimum atomic E-state index is -0.317. The molecule has 0 N–H and O–H groups in total. The predicted octanol–water partition coefficient (Wildman–Crippen LogP) is 3.04. The Morgan fingerprint density at radius 2 is 1.88 bits per heavy atom. The summed E-state index contributed by atoms with van der Waals surface area (Å²) in [7, 11) is 0. The van der Waals surface area contributed by atoms with Gasteiger partial charge in [-0.2, -0.15) is 0 Å². The summed E-state index contributed by atoms with van der Waals surface area (Å²) in [4.78, 5) is 25.5. The monoisotopic (exact) mass is 368 g/mol.